The van der Waals surface area contributed by atoms with Crippen LogP contribution >= 0.6 is 11.3 Å². The Morgan fingerprint density at radius 3 is 2.94 bits per heavy atom. The van der Waals surface area contributed by atoms with Crippen LogP contribution < -0.4 is 0 Å². The summed E-state index contributed by atoms with van der Waals surface area (Å²) < 4.78 is 1.19. The number of aromatic amines is 1. The van der Waals surface area contributed by atoms with Crippen molar-refractivity contribution in [3.8, 4) is 0 Å². The fourth-order valence-electron chi connectivity index (χ4n) is 1.80. The monoisotopic (exact) mass is 230 g/mol. The van der Waals surface area contributed by atoms with E-state index in [0.717, 1.165) is 16.6 Å². The summed E-state index contributed by atoms with van der Waals surface area (Å²) >= 11 is 1.65. The SMILES string of the molecule is OC(c1ccn[nH]1)c1csc2ccccc12. The zero-order valence-corrected chi connectivity index (χ0v) is 9.24. The smallest absolute Gasteiger partial charge is 0.122 e. The zero-order valence-electron chi connectivity index (χ0n) is 8.42. The van der Waals surface area contributed by atoms with Crippen molar-refractivity contribution < 1.29 is 5.11 Å². The van der Waals surface area contributed by atoms with E-state index in [4.69, 9.17) is 0 Å². The second kappa shape index (κ2) is 3.73. The Labute approximate surface area is 96.4 Å². The van der Waals surface area contributed by atoms with Gasteiger partial charge < -0.3 is 5.11 Å². The van der Waals surface area contributed by atoms with Gasteiger partial charge in [-0.1, -0.05) is 18.2 Å². The number of nitrogens with one attached hydrogen (secondary N) is 1. The summed E-state index contributed by atoms with van der Waals surface area (Å²) in [5.74, 6) is 0. The number of hydrogen-bond donors (Lipinski definition) is 2. The molecule has 0 spiro atoms. The molecule has 0 saturated carbocycles. The van der Waals surface area contributed by atoms with Gasteiger partial charge in [-0.2, -0.15) is 5.10 Å². The first-order valence-corrected chi connectivity index (χ1v) is 5.87. The Kier molecular flexibility index (Phi) is 2.23. The molecule has 2 aromatic heterocycles. The number of aliphatic hydroxyl groups excluding tert-OH is 1. The van der Waals surface area contributed by atoms with Gasteiger partial charge in [-0.3, -0.25) is 5.10 Å². The molecule has 0 bridgehead atoms. The number of hydrogen-bond acceptors (Lipinski definition) is 3. The molecule has 0 aliphatic rings. The molecule has 0 fully saturated rings. The summed E-state index contributed by atoms with van der Waals surface area (Å²) in [5.41, 5.74) is 1.66. The molecule has 4 heteroatoms. The van der Waals surface area contributed by atoms with E-state index in [9.17, 15) is 5.11 Å². The van der Waals surface area contributed by atoms with Gasteiger partial charge in [0.15, 0.2) is 0 Å². The summed E-state index contributed by atoms with van der Waals surface area (Å²) in [7, 11) is 0. The third-order valence-corrected chi connectivity index (χ3v) is 3.60. The van der Waals surface area contributed by atoms with Gasteiger partial charge in [-0.05, 0) is 22.9 Å². The number of aliphatic hydroxyl groups is 1. The second-order valence-electron chi connectivity index (χ2n) is 3.60. The molecular formula is C12H10N2OS. The summed E-state index contributed by atoms with van der Waals surface area (Å²) in [6.45, 7) is 0. The van der Waals surface area contributed by atoms with E-state index in [1.54, 1.807) is 23.6 Å². The maximum atomic E-state index is 10.2. The summed E-state index contributed by atoms with van der Waals surface area (Å²) in [5, 5.41) is 20.0. The molecule has 3 nitrogen and oxygen atoms in total. The van der Waals surface area contributed by atoms with Crippen LogP contribution in [0.25, 0.3) is 10.1 Å². The van der Waals surface area contributed by atoms with Crippen molar-refractivity contribution in [3.63, 3.8) is 0 Å². The lowest BCUT2D eigenvalue weighted by Gasteiger charge is -2.06. The fourth-order valence-corrected chi connectivity index (χ4v) is 2.78. The number of H-pyrrole nitrogens is 1. The molecule has 1 atom stereocenters. The van der Waals surface area contributed by atoms with Crippen molar-refractivity contribution in [2.45, 2.75) is 6.10 Å². The highest BCUT2D eigenvalue weighted by Crippen LogP contribution is 2.32. The normalized spacial score (nSPS) is 13.1. The molecule has 0 amide bonds. The largest absolute Gasteiger partial charge is 0.382 e. The van der Waals surface area contributed by atoms with Crippen molar-refractivity contribution in [1.82, 2.24) is 10.2 Å². The van der Waals surface area contributed by atoms with E-state index in [1.165, 1.54) is 4.70 Å². The van der Waals surface area contributed by atoms with Gasteiger partial charge in [0.05, 0.1) is 5.69 Å². The highest BCUT2D eigenvalue weighted by molar-refractivity contribution is 7.17. The second-order valence-corrected chi connectivity index (χ2v) is 4.51. The van der Waals surface area contributed by atoms with Crippen LogP contribution in [-0.2, 0) is 0 Å². The number of nitrogens with zero attached hydrogens (tertiary/aromatic N) is 1. The summed E-state index contributed by atoms with van der Waals surface area (Å²) in [6, 6.07) is 9.87. The minimum Gasteiger partial charge on any atom is -0.382 e. The Bertz CT molecular complexity index is 600. The lowest BCUT2D eigenvalue weighted by molar-refractivity contribution is 0.217. The molecule has 16 heavy (non-hydrogen) atoms. The van der Waals surface area contributed by atoms with Gasteiger partial charge in [-0.15, -0.1) is 11.3 Å². The Balaban J connectivity index is 2.12. The van der Waals surface area contributed by atoms with Crippen LogP contribution in [0.5, 0.6) is 0 Å². The van der Waals surface area contributed by atoms with E-state index in [0.29, 0.717) is 0 Å². The van der Waals surface area contributed by atoms with Crippen molar-refractivity contribution in [1.29, 1.82) is 0 Å². The predicted octanol–water partition coefficient (Wildman–Crippen LogP) is 2.71. The minimum absolute atomic E-state index is 0.626. The first kappa shape index (κ1) is 9.57. The number of rotatable bonds is 2. The topological polar surface area (TPSA) is 48.9 Å². The van der Waals surface area contributed by atoms with Gasteiger partial charge in [0.25, 0.3) is 0 Å². The number of aromatic nitrogens is 2. The van der Waals surface area contributed by atoms with Gasteiger partial charge in [0, 0.05) is 16.5 Å². The highest BCUT2D eigenvalue weighted by Gasteiger charge is 2.15. The number of benzene rings is 1. The van der Waals surface area contributed by atoms with Crippen LogP contribution in [0, 0.1) is 0 Å². The molecule has 0 aliphatic carbocycles. The Morgan fingerprint density at radius 1 is 1.25 bits per heavy atom. The van der Waals surface area contributed by atoms with Crippen LogP contribution in [0.15, 0.2) is 41.9 Å². The quantitative estimate of drug-likeness (QED) is 0.711. The summed E-state index contributed by atoms with van der Waals surface area (Å²) in [6.07, 6.45) is 1.02. The average Bonchev–Trinajstić information content (AvgIpc) is 2.98. The third-order valence-electron chi connectivity index (χ3n) is 2.62. The van der Waals surface area contributed by atoms with E-state index in [1.807, 2.05) is 23.6 Å². The lowest BCUT2D eigenvalue weighted by atomic mass is 10.1. The molecule has 0 saturated heterocycles. The van der Waals surface area contributed by atoms with Crippen LogP contribution in [0.3, 0.4) is 0 Å². The number of thiophene rings is 1. The molecule has 1 unspecified atom stereocenters. The minimum atomic E-state index is -0.626. The Morgan fingerprint density at radius 2 is 2.12 bits per heavy atom. The van der Waals surface area contributed by atoms with E-state index < -0.39 is 6.10 Å². The zero-order chi connectivity index (χ0) is 11.0. The van der Waals surface area contributed by atoms with E-state index >= 15 is 0 Å². The molecule has 2 N–H and O–H groups in total. The molecule has 3 aromatic rings. The fraction of sp³-hybridized carbons (Fsp3) is 0.0833. The highest BCUT2D eigenvalue weighted by atomic mass is 32.1. The van der Waals surface area contributed by atoms with Crippen molar-refractivity contribution in [2.75, 3.05) is 0 Å². The molecule has 3 rings (SSSR count). The van der Waals surface area contributed by atoms with Gasteiger partial charge >= 0.3 is 0 Å². The predicted molar refractivity (Wildman–Crippen MR) is 64.5 cm³/mol. The van der Waals surface area contributed by atoms with Gasteiger partial charge in [0.1, 0.15) is 6.10 Å². The lowest BCUT2D eigenvalue weighted by Crippen LogP contribution is -1.98. The third kappa shape index (κ3) is 1.43. The number of fused-ring (bicyclic) bond motifs is 1. The summed E-state index contributed by atoms with van der Waals surface area (Å²) in [4.78, 5) is 0. The van der Waals surface area contributed by atoms with Crippen molar-refractivity contribution in [3.05, 3.63) is 53.2 Å². The van der Waals surface area contributed by atoms with Crippen molar-refractivity contribution in [2.24, 2.45) is 0 Å². The van der Waals surface area contributed by atoms with Gasteiger partial charge in [0.2, 0.25) is 0 Å². The maximum absolute atomic E-state index is 10.2. The maximum Gasteiger partial charge on any atom is 0.122 e. The van der Waals surface area contributed by atoms with Crippen LogP contribution in [0.4, 0.5) is 0 Å². The molecule has 0 aliphatic heterocycles. The first-order chi connectivity index (χ1) is 7.86. The standard InChI is InChI=1S/C12H10N2OS/c15-12(10-5-6-13-14-10)9-7-16-11-4-2-1-3-8(9)11/h1-7,12,15H,(H,13,14). The Hall–Kier alpha value is -1.65. The van der Waals surface area contributed by atoms with Gasteiger partial charge in [-0.25, -0.2) is 0 Å². The van der Waals surface area contributed by atoms with Crippen LogP contribution in [0.2, 0.25) is 0 Å². The van der Waals surface area contributed by atoms with E-state index in [-0.39, 0.29) is 0 Å². The molecule has 2 heterocycles. The van der Waals surface area contributed by atoms with Crippen LogP contribution in [-0.4, -0.2) is 15.3 Å². The van der Waals surface area contributed by atoms with Crippen LogP contribution in [0.1, 0.15) is 17.4 Å². The molecule has 80 valence electrons. The first-order valence-electron chi connectivity index (χ1n) is 5.00. The molecule has 1 aromatic carbocycles. The van der Waals surface area contributed by atoms with Crippen molar-refractivity contribution >= 4 is 21.4 Å². The molecule has 0 radical (unpaired) electrons. The van der Waals surface area contributed by atoms with E-state index in [2.05, 4.69) is 16.3 Å². The average molecular weight is 230 g/mol. The molecular weight excluding hydrogens is 220 g/mol.